The fraction of sp³-hybridized carbons (Fsp3) is 0.667. The minimum atomic E-state index is -0.386. The maximum atomic E-state index is 10.3. The summed E-state index contributed by atoms with van der Waals surface area (Å²) in [6, 6.07) is 0. The fourth-order valence-corrected chi connectivity index (χ4v) is 0.966. The van der Waals surface area contributed by atoms with E-state index in [1.165, 1.54) is 6.08 Å². The molecule has 0 rings (SSSR count). The van der Waals surface area contributed by atoms with E-state index in [0.29, 0.717) is 0 Å². The molecule has 0 aliphatic rings. The molecular formula is C9H19N3O. The Labute approximate surface area is 79.8 Å². The highest BCUT2D eigenvalue weighted by molar-refractivity contribution is 5.85. The number of carbonyl (C=O) groups excluding carboxylic acids is 1. The third-order valence-electron chi connectivity index (χ3n) is 1.67. The highest BCUT2D eigenvalue weighted by Gasteiger charge is 1.94. The number of hydrogen-bond acceptors (Lipinski definition) is 3. The molecule has 4 heteroatoms. The van der Waals surface area contributed by atoms with Crippen LogP contribution in [0.25, 0.3) is 0 Å². The van der Waals surface area contributed by atoms with Gasteiger partial charge in [0.2, 0.25) is 5.91 Å². The van der Waals surface area contributed by atoms with Crippen LogP contribution < -0.4 is 11.1 Å². The molecule has 1 amide bonds. The lowest BCUT2D eigenvalue weighted by atomic mass is 10.3. The first-order chi connectivity index (χ1) is 6.16. The Morgan fingerprint density at radius 3 is 2.85 bits per heavy atom. The summed E-state index contributed by atoms with van der Waals surface area (Å²) < 4.78 is 0. The number of nitrogens with one attached hydrogen (secondary N) is 1. The lowest BCUT2D eigenvalue weighted by molar-refractivity contribution is -0.113. The number of carbonyl (C=O) groups is 1. The maximum absolute atomic E-state index is 10.3. The van der Waals surface area contributed by atoms with Gasteiger partial charge in [-0.05, 0) is 39.7 Å². The minimum Gasteiger partial charge on any atom is -0.366 e. The Morgan fingerprint density at radius 1 is 1.62 bits per heavy atom. The summed E-state index contributed by atoms with van der Waals surface area (Å²) in [6.45, 7) is 2.81. The molecule has 0 saturated heterocycles. The van der Waals surface area contributed by atoms with Crippen molar-refractivity contribution in [2.75, 3.05) is 33.7 Å². The average Bonchev–Trinajstić information content (AvgIpc) is 2.04. The van der Waals surface area contributed by atoms with Crippen molar-refractivity contribution >= 4 is 5.91 Å². The van der Waals surface area contributed by atoms with Crippen LogP contribution in [-0.4, -0.2) is 44.5 Å². The predicted molar refractivity (Wildman–Crippen MR) is 54.4 cm³/mol. The predicted octanol–water partition coefficient (Wildman–Crippen LogP) is -0.431. The molecule has 3 N–H and O–H groups in total. The van der Waals surface area contributed by atoms with E-state index in [1.807, 2.05) is 14.1 Å². The number of primary amides is 1. The third kappa shape index (κ3) is 9.04. The minimum absolute atomic E-state index is 0.386. The van der Waals surface area contributed by atoms with Gasteiger partial charge in [0.1, 0.15) is 0 Å². The average molecular weight is 185 g/mol. The summed E-state index contributed by atoms with van der Waals surface area (Å²) in [7, 11) is 3.95. The zero-order valence-electron chi connectivity index (χ0n) is 8.42. The van der Waals surface area contributed by atoms with E-state index in [-0.39, 0.29) is 5.91 Å². The van der Waals surface area contributed by atoms with Crippen LogP contribution in [-0.2, 0) is 4.79 Å². The SMILES string of the molecule is CNCCCN(C)C/C=C/C(N)=O. The van der Waals surface area contributed by atoms with Crippen LogP contribution in [0.2, 0.25) is 0 Å². The summed E-state index contributed by atoms with van der Waals surface area (Å²) in [5, 5.41) is 3.08. The Bertz CT molecular complexity index is 168. The van der Waals surface area contributed by atoms with Gasteiger partial charge in [0.15, 0.2) is 0 Å². The second kappa shape index (κ2) is 7.76. The summed E-state index contributed by atoms with van der Waals surface area (Å²) >= 11 is 0. The fourth-order valence-electron chi connectivity index (χ4n) is 0.966. The molecule has 0 aromatic carbocycles. The standard InChI is InChI=1S/C9H19N3O/c1-11-6-4-8-12(2)7-3-5-9(10)13/h3,5,11H,4,6-8H2,1-2H3,(H2,10,13)/b5-3+. The van der Waals surface area contributed by atoms with E-state index in [2.05, 4.69) is 10.2 Å². The van der Waals surface area contributed by atoms with Gasteiger partial charge in [0.05, 0.1) is 0 Å². The Morgan fingerprint density at radius 2 is 2.31 bits per heavy atom. The summed E-state index contributed by atoms with van der Waals surface area (Å²) in [5.41, 5.74) is 4.95. The quantitative estimate of drug-likeness (QED) is 0.418. The van der Waals surface area contributed by atoms with Crippen LogP contribution in [0.4, 0.5) is 0 Å². The van der Waals surface area contributed by atoms with Crippen molar-refractivity contribution < 1.29 is 4.79 Å². The summed E-state index contributed by atoms with van der Waals surface area (Å²) in [6.07, 6.45) is 4.29. The second-order valence-corrected chi connectivity index (χ2v) is 3.02. The van der Waals surface area contributed by atoms with E-state index in [9.17, 15) is 4.79 Å². The molecule has 0 heterocycles. The first-order valence-corrected chi connectivity index (χ1v) is 4.46. The second-order valence-electron chi connectivity index (χ2n) is 3.02. The normalized spacial score (nSPS) is 11.3. The first-order valence-electron chi connectivity index (χ1n) is 4.46. The lowest BCUT2D eigenvalue weighted by Crippen LogP contribution is -2.23. The van der Waals surface area contributed by atoms with Gasteiger partial charge in [-0.2, -0.15) is 0 Å². The molecule has 13 heavy (non-hydrogen) atoms. The van der Waals surface area contributed by atoms with Crippen LogP contribution in [0.1, 0.15) is 6.42 Å². The number of amides is 1. The van der Waals surface area contributed by atoms with Crippen molar-refractivity contribution in [1.82, 2.24) is 10.2 Å². The molecule has 0 aliphatic heterocycles. The number of rotatable bonds is 7. The smallest absolute Gasteiger partial charge is 0.241 e. The molecule has 76 valence electrons. The summed E-state index contributed by atoms with van der Waals surface area (Å²) in [4.78, 5) is 12.5. The lowest BCUT2D eigenvalue weighted by Gasteiger charge is -2.13. The van der Waals surface area contributed by atoms with E-state index in [0.717, 1.165) is 26.1 Å². The highest BCUT2D eigenvalue weighted by atomic mass is 16.1. The van der Waals surface area contributed by atoms with Crippen LogP contribution in [0.5, 0.6) is 0 Å². The highest BCUT2D eigenvalue weighted by Crippen LogP contribution is 1.86. The van der Waals surface area contributed by atoms with Crippen molar-refractivity contribution in [3.8, 4) is 0 Å². The maximum Gasteiger partial charge on any atom is 0.241 e. The third-order valence-corrected chi connectivity index (χ3v) is 1.67. The largest absolute Gasteiger partial charge is 0.366 e. The van der Waals surface area contributed by atoms with Crippen LogP contribution in [0, 0.1) is 0 Å². The monoisotopic (exact) mass is 185 g/mol. The van der Waals surface area contributed by atoms with Gasteiger partial charge in [-0.15, -0.1) is 0 Å². The van der Waals surface area contributed by atoms with Crippen molar-refractivity contribution in [3.63, 3.8) is 0 Å². The topological polar surface area (TPSA) is 58.4 Å². The van der Waals surface area contributed by atoms with E-state index in [1.54, 1.807) is 6.08 Å². The molecule has 0 radical (unpaired) electrons. The summed E-state index contributed by atoms with van der Waals surface area (Å²) in [5.74, 6) is -0.386. The van der Waals surface area contributed by atoms with Crippen LogP contribution in [0.15, 0.2) is 12.2 Å². The van der Waals surface area contributed by atoms with Gasteiger partial charge in [-0.25, -0.2) is 0 Å². The van der Waals surface area contributed by atoms with E-state index >= 15 is 0 Å². The number of nitrogens with zero attached hydrogens (tertiary/aromatic N) is 1. The Kier molecular flexibility index (Phi) is 7.24. The van der Waals surface area contributed by atoms with E-state index < -0.39 is 0 Å². The van der Waals surface area contributed by atoms with Gasteiger partial charge in [0, 0.05) is 6.54 Å². The van der Waals surface area contributed by atoms with Gasteiger partial charge in [0.25, 0.3) is 0 Å². The van der Waals surface area contributed by atoms with Crippen molar-refractivity contribution in [2.45, 2.75) is 6.42 Å². The van der Waals surface area contributed by atoms with Crippen LogP contribution >= 0.6 is 0 Å². The molecule has 0 aromatic rings. The van der Waals surface area contributed by atoms with Gasteiger partial charge >= 0.3 is 0 Å². The van der Waals surface area contributed by atoms with Gasteiger partial charge in [-0.3, -0.25) is 4.79 Å². The molecule has 0 bridgehead atoms. The molecule has 0 atom stereocenters. The molecular weight excluding hydrogens is 166 g/mol. The zero-order valence-corrected chi connectivity index (χ0v) is 8.42. The Balaban J connectivity index is 3.39. The Hall–Kier alpha value is -0.870. The number of nitrogens with two attached hydrogens (primary N) is 1. The van der Waals surface area contributed by atoms with Crippen molar-refractivity contribution in [2.24, 2.45) is 5.73 Å². The van der Waals surface area contributed by atoms with Crippen molar-refractivity contribution in [1.29, 1.82) is 0 Å². The molecule has 0 saturated carbocycles. The molecule has 0 aromatic heterocycles. The number of hydrogen-bond donors (Lipinski definition) is 2. The first kappa shape index (κ1) is 12.1. The molecule has 0 spiro atoms. The van der Waals surface area contributed by atoms with E-state index in [4.69, 9.17) is 5.73 Å². The van der Waals surface area contributed by atoms with Gasteiger partial charge in [-0.1, -0.05) is 6.08 Å². The van der Waals surface area contributed by atoms with Crippen molar-refractivity contribution in [3.05, 3.63) is 12.2 Å². The number of likely N-dealkylation sites (N-methyl/N-ethyl adjacent to an activating group) is 1. The molecule has 4 nitrogen and oxygen atoms in total. The van der Waals surface area contributed by atoms with Crippen LogP contribution in [0.3, 0.4) is 0 Å². The zero-order chi connectivity index (χ0) is 10.1. The molecule has 0 aliphatic carbocycles. The van der Waals surface area contributed by atoms with Gasteiger partial charge < -0.3 is 16.0 Å². The molecule has 0 fully saturated rings. The molecule has 0 unspecified atom stereocenters.